The van der Waals surface area contributed by atoms with E-state index in [4.69, 9.17) is 47.0 Å². The number of benzene rings is 1. The Morgan fingerprint density at radius 3 is 2.39 bits per heavy atom. The average molecular weight is 509 g/mol. The molecule has 1 amide bonds. The zero-order valence-electron chi connectivity index (χ0n) is 12.3. The van der Waals surface area contributed by atoms with Gasteiger partial charge in [-0.3, -0.25) is 4.79 Å². The Hall–Kier alpha value is -0.0200. The summed E-state index contributed by atoms with van der Waals surface area (Å²) in [4.78, 5) is 11.8. The number of carbonyl (C=O) groups excluding carboxylic acids is 1. The summed E-state index contributed by atoms with van der Waals surface area (Å²) in [6, 6.07) is 7.62. The molecule has 1 atom stereocenters. The van der Waals surface area contributed by atoms with E-state index in [1.54, 1.807) is 0 Å². The molecular weight excluding hydrogens is 492 g/mol. The number of alkyl halides is 3. The Labute approximate surface area is 170 Å². The Bertz CT molecular complexity index is 537. The van der Waals surface area contributed by atoms with Crippen LogP contribution in [0.5, 0.6) is 0 Å². The quantitative estimate of drug-likeness (QED) is 0.228. The molecule has 128 valence electrons. The van der Waals surface area contributed by atoms with Crippen molar-refractivity contribution in [2.24, 2.45) is 0 Å². The Morgan fingerprint density at radius 2 is 1.87 bits per heavy atom. The Kier molecular flexibility index (Phi) is 9.21. The number of rotatable bonds is 6. The van der Waals surface area contributed by atoms with Crippen LogP contribution in [0.25, 0.3) is 0 Å². The van der Waals surface area contributed by atoms with E-state index in [-0.39, 0.29) is 11.0 Å². The van der Waals surface area contributed by atoms with Crippen molar-refractivity contribution in [2.75, 3.05) is 5.32 Å². The summed E-state index contributed by atoms with van der Waals surface area (Å²) in [5.41, 5.74) is 0.795. The summed E-state index contributed by atoms with van der Waals surface area (Å²) in [7, 11) is 0. The molecule has 0 bridgehead atoms. The molecule has 0 aliphatic rings. The first kappa shape index (κ1) is 21.0. The second kappa shape index (κ2) is 10.1. The van der Waals surface area contributed by atoms with Crippen molar-refractivity contribution in [2.45, 2.75) is 36.1 Å². The molecule has 0 aliphatic carbocycles. The zero-order chi connectivity index (χ0) is 17.5. The van der Waals surface area contributed by atoms with E-state index in [0.717, 1.165) is 22.1 Å². The zero-order valence-corrected chi connectivity index (χ0v) is 17.6. The third-order valence-electron chi connectivity index (χ3n) is 2.77. The van der Waals surface area contributed by atoms with Crippen LogP contribution in [0.3, 0.4) is 0 Å². The number of hydrogen-bond donors (Lipinski definition) is 3. The van der Waals surface area contributed by atoms with Crippen LogP contribution < -0.4 is 16.0 Å². The molecule has 1 aromatic carbocycles. The van der Waals surface area contributed by atoms with Crippen molar-refractivity contribution in [1.29, 1.82) is 0 Å². The van der Waals surface area contributed by atoms with Crippen LogP contribution in [0.2, 0.25) is 0 Å². The van der Waals surface area contributed by atoms with Gasteiger partial charge in [0.1, 0.15) is 6.17 Å². The molecule has 9 heteroatoms. The van der Waals surface area contributed by atoms with Crippen molar-refractivity contribution < 1.29 is 4.79 Å². The number of anilines is 1. The summed E-state index contributed by atoms with van der Waals surface area (Å²) in [6.45, 7) is 2.00. The third kappa shape index (κ3) is 8.58. The summed E-state index contributed by atoms with van der Waals surface area (Å²) in [6.07, 6.45) is 1.11. The monoisotopic (exact) mass is 507 g/mol. The summed E-state index contributed by atoms with van der Waals surface area (Å²) in [5, 5.41) is 8.69. The first-order chi connectivity index (χ1) is 10.7. The number of halogens is 4. The van der Waals surface area contributed by atoms with Crippen LogP contribution in [-0.2, 0) is 4.79 Å². The van der Waals surface area contributed by atoms with Gasteiger partial charge in [0, 0.05) is 15.7 Å². The Balaban J connectivity index is 2.63. The maximum atomic E-state index is 11.8. The topological polar surface area (TPSA) is 53.2 Å². The van der Waals surface area contributed by atoms with Gasteiger partial charge in [-0.1, -0.05) is 48.1 Å². The van der Waals surface area contributed by atoms with E-state index in [1.807, 2.05) is 31.2 Å². The summed E-state index contributed by atoms with van der Waals surface area (Å²) >= 11 is 25.1. The second-order valence-electron chi connectivity index (χ2n) is 4.75. The number of thiocarbonyl (C=S) groups is 1. The predicted octanol–water partition coefficient (Wildman–Crippen LogP) is 4.58. The normalized spacial score (nSPS) is 12.4. The summed E-state index contributed by atoms with van der Waals surface area (Å²) in [5.74, 6) is -0.201. The van der Waals surface area contributed by atoms with Gasteiger partial charge >= 0.3 is 0 Å². The summed E-state index contributed by atoms with van der Waals surface area (Å²) < 4.78 is -0.631. The first-order valence-electron chi connectivity index (χ1n) is 6.91. The van der Waals surface area contributed by atoms with E-state index < -0.39 is 9.96 Å². The fourth-order valence-corrected chi connectivity index (χ4v) is 2.52. The molecule has 0 saturated carbocycles. The van der Waals surface area contributed by atoms with Gasteiger partial charge in [0.2, 0.25) is 9.70 Å². The lowest BCUT2D eigenvalue weighted by Crippen LogP contribution is -2.56. The molecule has 1 rings (SSSR count). The van der Waals surface area contributed by atoms with Crippen LogP contribution in [0.15, 0.2) is 24.3 Å². The van der Waals surface area contributed by atoms with Gasteiger partial charge in [-0.05, 0) is 65.5 Å². The van der Waals surface area contributed by atoms with E-state index >= 15 is 0 Å². The number of unbranched alkanes of at least 4 members (excludes halogenated alkanes) is 1. The molecule has 0 aromatic heterocycles. The van der Waals surface area contributed by atoms with Gasteiger partial charge < -0.3 is 16.0 Å². The minimum absolute atomic E-state index is 0.201. The number of carbonyl (C=O) groups is 1. The lowest BCUT2D eigenvalue weighted by atomic mass is 10.2. The SMILES string of the molecule is CCCCC(=O)N[C@@H](NC(=S)Nc1ccc(I)cc1)C(Cl)(Cl)Cl. The minimum atomic E-state index is -1.74. The van der Waals surface area contributed by atoms with Crippen molar-refractivity contribution >= 4 is 86.3 Å². The third-order valence-corrected chi connectivity index (χ3v) is 4.36. The van der Waals surface area contributed by atoms with Crippen molar-refractivity contribution in [1.82, 2.24) is 10.6 Å². The van der Waals surface area contributed by atoms with E-state index in [1.165, 1.54) is 0 Å². The highest BCUT2D eigenvalue weighted by Crippen LogP contribution is 2.29. The molecule has 0 heterocycles. The average Bonchev–Trinajstić information content (AvgIpc) is 2.46. The van der Waals surface area contributed by atoms with Gasteiger partial charge in [0.05, 0.1) is 0 Å². The molecule has 0 aliphatic heterocycles. The molecule has 1 aromatic rings. The standard InChI is InChI=1S/C14H17Cl3IN3OS/c1-2-3-4-11(22)20-12(14(15,16)17)21-13(23)19-10-7-5-9(18)6-8-10/h5-8,12H,2-4H2,1H3,(H,20,22)(H2,19,21,23)/t12-/m0/s1. The van der Waals surface area contributed by atoms with Crippen LogP contribution in [-0.4, -0.2) is 21.0 Å². The van der Waals surface area contributed by atoms with E-state index in [2.05, 4.69) is 38.5 Å². The number of hydrogen-bond acceptors (Lipinski definition) is 2. The molecule has 0 saturated heterocycles. The van der Waals surface area contributed by atoms with Crippen molar-refractivity contribution in [3.05, 3.63) is 27.8 Å². The molecule has 23 heavy (non-hydrogen) atoms. The second-order valence-corrected chi connectivity index (χ2v) is 8.77. The lowest BCUT2D eigenvalue weighted by molar-refractivity contribution is -0.122. The molecule has 0 unspecified atom stereocenters. The maximum absolute atomic E-state index is 11.8. The van der Waals surface area contributed by atoms with E-state index in [9.17, 15) is 4.79 Å². The fraction of sp³-hybridized carbons (Fsp3) is 0.429. The molecule has 4 nitrogen and oxygen atoms in total. The van der Waals surface area contributed by atoms with Gasteiger partial charge in [0.15, 0.2) is 5.11 Å². The fourth-order valence-electron chi connectivity index (χ4n) is 1.60. The van der Waals surface area contributed by atoms with Crippen molar-refractivity contribution in [3.8, 4) is 0 Å². The number of nitrogens with one attached hydrogen (secondary N) is 3. The highest BCUT2D eigenvalue weighted by molar-refractivity contribution is 14.1. The van der Waals surface area contributed by atoms with Gasteiger partial charge in [-0.15, -0.1) is 0 Å². The van der Waals surface area contributed by atoms with Gasteiger partial charge in [-0.2, -0.15) is 0 Å². The maximum Gasteiger partial charge on any atom is 0.228 e. The largest absolute Gasteiger partial charge is 0.339 e. The molecule has 0 spiro atoms. The van der Waals surface area contributed by atoms with Crippen LogP contribution in [0.1, 0.15) is 26.2 Å². The van der Waals surface area contributed by atoms with Crippen molar-refractivity contribution in [3.63, 3.8) is 0 Å². The first-order valence-corrected chi connectivity index (χ1v) is 9.53. The minimum Gasteiger partial charge on any atom is -0.339 e. The van der Waals surface area contributed by atoms with Crippen LogP contribution in [0, 0.1) is 3.57 Å². The molecule has 3 N–H and O–H groups in total. The highest BCUT2D eigenvalue weighted by Gasteiger charge is 2.34. The van der Waals surface area contributed by atoms with Crippen LogP contribution in [0.4, 0.5) is 5.69 Å². The highest BCUT2D eigenvalue weighted by atomic mass is 127. The molecular formula is C14H17Cl3IN3OS. The van der Waals surface area contributed by atoms with Gasteiger partial charge in [-0.25, -0.2) is 0 Å². The smallest absolute Gasteiger partial charge is 0.228 e. The lowest BCUT2D eigenvalue weighted by Gasteiger charge is -2.27. The predicted molar refractivity (Wildman–Crippen MR) is 110 cm³/mol. The molecule has 0 radical (unpaired) electrons. The Morgan fingerprint density at radius 1 is 1.26 bits per heavy atom. The number of amides is 1. The van der Waals surface area contributed by atoms with Gasteiger partial charge in [0.25, 0.3) is 0 Å². The van der Waals surface area contributed by atoms with Crippen LogP contribution >= 0.6 is 69.6 Å². The van der Waals surface area contributed by atoms with E-state index in [0.29, 0.717) is 6.42 Å². The molecule has 0 fully saturated rings.